The Morgan fingerprint density at radius 2 is 1.87 bits per heavy atom. The Balaban J connectivity index is 1.12. The SMILES string of the molecule is O=C(O)c1nsc2cc(N3C4COCC3CC(OCc3c(-c5c(Cl)cccc5Cl)noc3C3CC3)C4)ccc12. The summed E-state index contributed by atoms with van der Waals surface area (Å²) >= 11 is 14.3. The van der Waals surface area contributed by atoms with Crippen LogP contribution in [0.15, 0.2) is 40.9 Å². The number of halogens is 2. The largest absolute Gasteiger partial charge is 0.476 e. The minimum Gasteiger partial charge on any atom is -0.476 e. The number of ether oxygens (including phenoxy) is 2. The van der Waals surface area contributed by atoms with Gasteiger partial charge in [-0.1, -0.05) is 34.4 Å². The molecule has 0 spiro atoms. The monoisotopic (exact) mass is 585 g/mol. The molecule has 2 unspecified atom stereocenters. The minimum absolute atomic E-state index is 0.0439. The van der Waals surface area contributed by atoms with Gasteiger partial charge in [0.05, 0.1) is 52.8 Å². The number of piperidine rings is 1. The first-order valence-corrected chi connectivity index (χ1v) is 14.5. The first-order valence-electron chi connectivity index (χ1n) is 13.0. The van der Waals surface area contributed by atoms with Gasteiger partial charge < -0.3 is 24.0 Å². The quantitative estimate of drug-likeness (QED) is 0.253. The molecule has 3 aliphatic rings. The molecule has 0 amide bonds. The third kappa shape index (κ3) is 4.60. The second-order valence-corrected chi connectivity index (χ2v) is 12.0. The number of carboxylic acid groups (broad SMARTS) is 1. The molecule has 4 aromatic rings. The van der Waals surface area contributed by atoms with Crippen molar-refractivity contribution in [2.75, 3.05) is 18.1 Å². The average Bonchev–Trinajstić information content (AvgIpc) is 3.53. The minimum atomic E-state index is -1.00. The zero-order valence-corrected chi connectivity index (χ0v) is 23.1. The van der Waals surface area contributed by atoms with Gasteiger partial charge in [-0.05, 0) is 67.5 Å². The van der Waals surface area contributed by atoms with Crippen molar-refractivity contribution in [1.82, 2.24) is 9.53 Å². The standard InChI is InChI=1S/C28H25Cl2N3O5S/c29-21-2-1-3-22(30)24(21)25-20(27(38-31-25)14-4-5-14)13-37-18-8-16-11-36-12-17(9-18)33(16)15-6-7-19-23(10-15)39-32-26(19)28(34)35/h1-3,6-7,10,14,16-18H,4-5,8-9,11-13H2,(H,34,35). The Hall–Kier alpha value is -2.69. The summed E-state index contributed by atoms with van der Waals surface area (Å²) in [5, 5.41) is 15.5. The van der Waals surface area contributed by atoms with Crippen LogP contribution < -0.4 is 4.90 Å². The highest BCUT2D eigenvalue weighted by atomic mass is 35.5. The third-order valence-corrected chi connectivity index (χ3v) is 9.30. The maximum atomic E-state index is 11.5. The van der Waals surface area contributed by atoms with Crippen LogP contribution in [0.5, 0.6) is 0 Å². The van der Waals surface area contributed by atoms with Gasteiger partial charge in [-0.3, -0.25) is 0 Å². The van der Waals surface area contributed by atoms with Crippen LogP contribution in [0.4, 0.5) is 5.69 Å². The highest BCUT2D eigenvalue weighted by Gasteiger charge is 2.40. The Morgan fingerprint density at radius 1 is 1.13 bits per heavy atom. The smallest absolute Gasteiger partial charge is 0.356 e. The van der Waals surface area contributed by atoms with E-state index in [-0.39, 0.29) is 23.9 Å². The second-order valence-electron chi connectivity index (χ2n) is 10.4. The lowest BCUT2D eigenvalue weighted by Crippen LogP contribution is -2.58. The Kier molecular flexibility index (Phi) is 6.52. The zero-order valence-electron chi connectivity index (χ0n) is 20.8. The predicted octanol–water partition coefficient (Wildman–Crippen LogP) is 6.79. The number of fused-ring (bicyclic) bond motifs is 3. The molecule has 2 aliphatic heterocycles. The van der Waals surface area contributed by atoms with Crippen molar-refractivity contribution in [3.8, 4) is 11.3 Å². The summed E-state index contributed by atoms with van der Waals surface area (Å²) in [7, 11) is 0. The Morgan fingerprint density at radius 3 is 2.56 bits per heavy atom. The highest BCUT2D eigenvalue weighted by molar-refractivity contribution is 7.13. The fourth-order valence-electron chi connectivity index (χ4n) is 5.91. The lowest BCUT2D eigenvalue weighted by atomic mass is 9.91. The lowest BCUT2D eigenvalue weighted by molar-refractivity contribution is -0.0394. The van der Waals surface area contributed by atoms with Crippen LogP contribution in [0.2, 0.25) is 10.0 Å². The third-order valence-electron chi connectivity index (χ3n) is 7.86. The number of hydrogen-bond acceptors (Lipinski definition) is 8. The number of hydrogen-bond donors (Lipinski definition) is 1. The van der Waals surface area contributed by atoms with Crippen molar-refractivity contribution in [2.24, 2.45) is 0 Å². The maximum absolute atomic E-state index is 11.5. The summed E-state index contributed by atoms with van der Waals surface area (Å²) < 4.78 is 23.3. The first kappa shape index (κ1) is 25.3. The Bertz CT molecular complexity index is 1530. The molecule has 39 heavy (non-hydrogen) atoms. The number of nitrogens with zero attached hydrogens (tertiary/aromatic N) is 3. The van der Waals surface area contributed by atoms with Gasteiger partial charge in [0.2, 0.25) is 0 Å². The van der Waals surface area contributed by atoms with E-state index < -0.39 is 5.97 Å². The molecule has 0 radical (unpaired) electrons. The summed E-state index contributed by atoms with van der Waals surface area (Å²) in [5.74, 6) is 0.236. The number of aromatic nitrogens is 2. The first-order chi connectivity index (χ1) is 19.0. The van der Waals surface area contributed by atoms with Crippen LogP contribution in [-0.2, 0) is 16.1 Å². The topological polar surface area (TPSA) is 97.9 Å². The number of morpholine rings is 1. The molecule has 3 fully saturated rings. The highest BCUT2D eigenvalue weighted by Crippen LogP contribution is 2.46. The molecule has 2 aromatic heterocycles. The van der Waals surface area contributed by atoms with E-state index >= 15 is 0 Å². The van der Waals surface area contributed by atoms with Crippen molar-refractivity contribution in [1.29, 1.82) is 0 Å². The summed E-state index contributed by atoms with van der Waals surface area (Å²) in [4.78, 5) is 13.9. The average molecular weight is 586 g/mol. The molecule has 2 aromatic carbocycles. The molecule has 7 rings (SSSR count). The summed E-state index contributed by atoms with van der Waals surface area (Å²) in [6, 6.07) is 11.6. The fourth-order valence-corrected chi connectivity index (χ4v) is 7.29. The van der Waals surface area contributed by atoms with Crippen LogP contribution in [0, 0.1) is 0 Å². The second kappa shape index (κ2) is 10.1. The van der Waals surface area contributed by atoms with Gasteiger partial charge in [-0.15, -0.1) is 0 Å². The van der Waals surface area contributed by atoms with Gasteiger partial charge >= 0.3 is 5.97 Å². The van der Waals surface area contributed by atoms with Crippen LogP contribution in [0.25, 0.3) is 21.3 Å². The van der Waals surface area contributed by atoms with Crippen LogP contribution in [-0.4, -0.2) is 52.0 Å². The number of anilines is 1. The molecule has 2 bridgehead atoms. The predicted molar refractivity (Wildman–Crippen MR) is 149 cm³/mol. The molecular formula is C28H25Cl2N3O5S. The summed E-state index contributed by atoms with van der Waals surface area (Å²) in [6.07, 6.45) is 3.82. The van der Waals surface area contributed by atoms with Crippen molar-refractivity contribution in [3.63, 3.8) is 0 Å². The van der Waals surface area contributed by atoms with Crippen LogP contribution >= 0.6 is 34.7 Å². The molecule has 1 N–H and O–H groups in total. The van der Waals surface area contributed by atoms with Crippen molar-refractivity contribution >= 4 is 56.5 Å². The van der Waals surface area contributed by atoms with Gasteiger partial charge in [0.25, 0.3) is 0 Å². The van der Waals surface area contributed by atoms with Gasteiger partial charge in [0.1, 0.15) is 11.5 Å². The van der Waals surface area contributed by atoms with Crippen molar-refractivity contribution in [2.45, 2.75) is 56.4 Å². The number of rotatable bonds is 7. The summed E-state index contributed by atoms with van der Waals surface area (Å²) in [6.45, 7) is 1.60. The van der Waals surface area contributed by atoms with E-state index in [0.717, 1.165) is 47.4 Å². The number of aromatic carboxylic acids is 1. The van der Waals surface area contributed by atoms with Crippen molar-refractivity contribution in [3.05, 3.63) is 63.5 Å². The van der Waals surface area contributed by atoms with Crippen molar-refractivity contribution < 1.29 is 23.9 Å². The molecule has 2 atom stereocenters. The molecule has 11 heteroatoms. The van der Waals surface area contributed by atoms with Crippen LogP contribution in [0.1, 0.15) is 53.4 Å². The normalized spacial score (nSPS) is 22.9. The van der Waals surface area contributed by atoms with E-state index in [4.69, 9.17) is 37.2 Å². The number of carbonyl (C=O) groups is 1. The summed E-state index contributed by atoms with van der Waals surface area (Å²) in [5.41, 5.74) is 3.44. The maximum Gasteiger partial charge on any atom is 0.356 e. The van der Waals surface area contributed by atoms with E-state index in [1.165, 1.54) is 11.5 Å². The zero-order chi connectivity index (χ0) is 26.7. The molecule has 8 nitrogen and oxygen atoms in total. The number of carboxylic acids is 1. The van der Waals surface area contributed by atoms with E-state index in [1.807, 2.05) is 36.4 Å². The van der Waals surface area contributed by atoms with Crippen LogP contribution in [0.3, 0.4) is 0 Å². The van der Waals surface area contributed by atoms with E-state index in [0.29, 0.717) is 52.4 Å². The van der Waals surface area contributed by atoms with Gasteiger partial charge in [-0.2, -0.15) is 4.37 Å². The lowest BCUT2D eigenvalue weighted by Gasteiger charge is -2.49. The fraction of sp³-hybridized carbons (Fsp3) is 0.393. The molecule has 4 heterocycles. The van der Waals surface area contributed by atoms with Gasteiger partial charge in [-0.25, -0.2) is 4.79 Å². The molecule has 2 saturated heterocycles. The Labute approximate surface area is 238 Å². The molecule has 1 aliphatic carbocycles. The van der Waals surface area contributed by atoms with Gasteiger partial charge in [0.15, 0.2) is 5.69 Å². The number of benzene rings is 2. The molecular weight excluding hydrogens is 561 g/mol. The molecule has 1 saturated carbocycles. The van der Waals surface area contributed by atoms with E-state index in [1.54, 1.807) is 0 Å². The van der Waals surface area contributed by atoms with Gasteiger partial charge in [0, 0.05) is 28.1 Å². The van der Waals surface area contributed by atoms with E-state index in [9.17, 15) is 9.90 Å². The van der Waals surface area contributed by atoms with E-state index in [2.05, 4.69) is 14.4 Å². The molecule has 202 valence electrons.